The van der Waals surface area contributed by atoms with Crippen LogP contribution in [0.3, 0.4) is 0 Å². The van der Waals surface area contributed by atoms with Crippen molar-refractivity contribution in [1.29, 1.82) is 0 Å². The van der Waals surface area contributed by atoms with Gasteiger partial charge in [0, 0.05) is 5.02 Å². The van der Waals surface area contributed by atoms with Gasteiger partial charge in [-0.3, -0.25) is 10.1 Å². The molecule has 0 atom stereocenters. The van der Waals surface area contributed by atoms with E-state index in [1.54, 1.807) is 19.1 Å². The normalized spacial score (nSPS) is 10.2. The molecule has 0 spiro atoms. The smallest absolute Gasteiger partial charge is 0.412 e. The average molecular weight is 358 g/mol. The van der Waals surface area contributed by atoms with Gasteiger partial charge in [-0.05, 0) is 25.1 Å². The summed E-state index contributed by atoms with van der Waals surface area (Å²) in [5.41, 5.74) is 0.390. The topological polar surface area (TPSA) is 98.1 Å². The molecule has 23 heavy (non-hydrogen) atoms. The van der Waals surface area contributed by atoms with Gasteiger partial charge in [-0.15, -0.1) is 5.10 Å². The molecule has 2 amide bonds. The number of ether oxygens (including phenoxy) is 1. The lowest BCUT2D eigenvalue weighted by atomic mass is 10.3. The maximum Gasteiger partial charge on any atom is 0.412 e. The molecule has 0 aliphatic heterocycles. The first-order chi connectivity index (χ1) is 11.0. The molecule has 122 valence electrons. The van der Waals surface area contributed by atoms with E-state index >= 15 is 0 Å². The fourth-order valence-electron chi connectivity index (χ4n) is 1.61. The Morgan fingerprint density at radius 1 is 1.30 bits per heavy atom. The van der Waals surface area contributed by atoms with Crippen LogP contribution in [0, 0.1) is 0 Å². The number of carbonyl (C=O) groups excluding carboxylic acids is 2. The van der Waals surface area contributed by atoms with E-state index in [1.807, 2.05) is 0 Å². The van der Waals surface area contributed by atoms with Gasteiger partial charge in [0.1, 0.15) is 6.54 Å². The van der Waals surface area contributed by atoms with Crippen molar-refractivity contribution in [3.05, 3.63) is 34.4 Å². The van der Waals surface area contributed by atoms with Crippen LogP contribution < -0.4 is 10.6 Å². The lowest BCUT2D eigenvalue weighted by Gasteiger charge is -2.07. The molecule has 0 saturated carbocycles. The fraction of sp³-hybridized carbons (Fsp3) is 0.231. The van der Waals surface area contributed by atoms with E-state index in [4.69, 9.17) is 27.9 Å². The Hall–Kier alpha value is -2.32. The van der Waals surface area contributed by atoms with Gasteiger partial charge >= 0.3 is 6.09 Å². The predicted molar refractivity (Wildman–Crippen MR) is 85.8 cm³/mol. The van der Waals surface area contributed by atoms with Crippen LogP contribution in [-0.4, -0.2) is 33.6 Å². The fourth-order valence-corrected chi connectivity index (χ4v) is 1.95. The van der Waals surface area contributed by atoms with Crippen LogP contribution in [0.4, 0.5) is 16.3 Å². The van der Waals surface area contributed by atoms with E-state index < -0.39 is 12.0 Å². The van der Waals surface area contributed by atoms with E-state index in [0.29, 0.717) is 15.7 Å². The molecule has 0 fully saturated rings. The van der Waals surface area contributed by atoms with Gasteiger partial charge in [0.2, 0.25) is 5.91 Å². The summed E-state index contributed by atoms with van der Waals surface area (Å²) < 4.78 is 4.71. The summed E-state index contributed by atoms with van der Waals surface area (Å²) in [6.45, 7) is 1.76. The van der Waals surface area contributed by atoms with Gasteiger partial charge in [0.25, 0.3) is 0 Å². The van der Waals surface area contributed by atoms with E-state index in [1.165, 1.54) is 12.3 Å². The van der Waals surface area contributed by atoms with Crippen LogP contribution in [0.5, 0.6) is 0 Å². The Labute approximate surface area is 141 Å². The SMILES string of the molecule is CCOC(=O)Nc1cnn(CC(=O)Nc2cc(Cl)ccc2Cl)n1. The monoisotopic (exact) mass is 357 g/mol. The highest BCUT2D eigenvalue weighted by molar-refractivity contribution is 6.35. The molecule has 2 aromatic rings. The number of nitrogens with one attached hydrogen (secondary N) is 2. The third-order valence-electron chi connectivity index (χ3n) is 2.53. The minimum absolute atomic E-state index is 0.159. The molecule has 0 saturated heterocycles. The number of rotatable bonds is 5. The molecule has 8 nitrogen and oxygen atoms in total. The number of nitrogens with zero attached hydrogens (tertiary/aromatic N) is 3. The van der Waals surface area contributed by atoms with Gasteiger partial charge in [0.05, 0.1) is 23.5 Å². The number of carbonyl (C=O) groups is 2. The molecule has 0 unspecified atom stereocenters. The van der Waals surface area contributed by atoms with Gasteiger partial charge in [-0.2, -0.15) is 9.90 Å². The van der Waals surface area contributed by atoms with E-state index in [2.05, 4.69) is 20.8 Å². The van der Waals surface area contributed by atoms with Crippen molar-refractivity contribution in [1.82, 2.24) is 15.0 Å². The largest absolute Gasteiger partial charge is 0.450 e. The van der Waals surface area contributed by atoms with Gasteiger partial charge in [-0.25, -0.2) is 4.79 Å². The van der Waals surface area contributed by atoms with Crippen molar-refractivity contribution >= 4 is 46.7 Å². The second kappa shape index (κ2) is 7.80. The van der Waals surface area contributed by atoms with Gasteiger partial charge < -0.3 is 10.1 Å². The molecule has 10 heteroatoms. The number of aromatic nitrogens is 3. The van der Waals surface area contributed by atoms with Gasteiger partial charge in [0.15, 0.2) is 5.82 Å². The maximum absolute atomic E-state index is 12.0. The Morgan fingerprint density at radius 3 is 2.83 bits per heavy atom. The van der Waals surface area contributed by atoms with Crippen molar-refractivity contribution in [2.24, 2.45) is 0 Å². The highest BCUT2D eigenvalue weighted by atomic mass is 35.5. The third-order valence-corrected chi connectivity index (χ3v) is 3.09. The van der Waals surface area contributed by atoms with Crippen molar-refractivity contribution in [3.63, 3.8) is 0 Å². The summed E-state index contributed by atoms with van der Waals surface area (Å²) in [4.78, 5) is 24.3. The zero-order valence-corrected chi connectivity index (χ0v) is 13.6. The minimum atomic E-state index is -0.644. The summed E-state index contributed by atoms with van der Waals surface area (Å²) in [6, 6.07) is 4.72. The summed E-state index contributed by atoms with van der Waals surface area (Å²) in [5.74, 6) is -0.218. The zero-order chi connectivity index (χ0) is 16.8. The lowest BCUT2D eigenvalue weighted by molar-refractivity contribution is -0.117. The van der Waals surface area contributed by atoms with Crippen LogP contribution in [0.25, 0.3) is 0 Å². The summed E-state index contributed by atoms with van der Waals surface area (Å²) in [6.07, 6.45) is 0.658. The second-order valence-electron chi connectivity index (χ2n) is 4.28. The predicted octanol–water partition coefficient (Wildman–Crippen LogP) is 2.79. The molecule has 0 aliphatic carbocycles. The van der Waals surface area contributed by atoms with Crippen LogP contribution >= 0.6 is 23.2 Å². The molecule has 0 aliphatic rings. The number of amides is 2. The molecule has 0 radical (unpaired) electrons. The quantitative estimate of drug-likeness (QED) is 0.857. The van der Waals surface area contributed by atoms with Crippen LogP contribution in [0.15, 0.2) is 24.4 Å². The lowest BCUT2D eigenvalue weighted by Crippen LogP contribution is -2.21. The van der Waals surface area contributed by atoms with Crippen LogP contribution in [-0.2, 0) is 16.1 Å². The number of halogens is 2. The van der Waals surface area contributed by atoms with Crippen LogP contribution in [0.2, 0.25) is 10.0 Å². The summed E-state index contributed by atoms with van der Waals surface area (Å²) in [7, 11) is 0. The first kappa shape index (κ1) is 17.0. The molecule has 2 rings (SSSR count). The Morgan fingerprint density at radius 2 is 2.09 bits per heavy atom. The Balaban J connectivity index is 1.94. The number of hydrogen-bond acceptors (Lipinski definition) is 5. The van der Waals surface area contributed by atoms with Crippen molar-refractivity contribution in [3.8, 4) is 0 Å². The number of anilines is 2. The summed E-state index contributed by atoms with van der Waals surface area (Å²) >= 11 is 11.8. The molecule has 1 aromatic heterocycles. The highest BCUT2D eigenvalue weighted by Gasteiger charge is 2.11. The first-order valence-electron chi connectivity index (χ1n) is 6.56. The second-order valence-corrected chi connectivity index (χ2v) is 5.12. The maximum atomic E-state index is 12.0. The summed E-state index contributed by atoms with van der Waals surface area (Å²) in [5, 5.41) is 13.6. The first-order valence-corrected chi connectivity index (χ1v) is 7.32. The van der Waals surface area contributed by atoms with Crippen molar-refractivity contribution in [2.45, 2.75) is 13.5 Å². The van der Waals surface area contributed by atoms with E-state index in [0.717, 1.165) is 4.80 Å². The standard InChI is InChI=1S/C13H13Cl2N5O3/c1-2-23-13(22)18-11-6-16-20(19-11)7-12(21)17-10-5-8(14)3-4-9(10)15/h3-6H,2,7H2,1H3,(H,17,21)(H,18,19,22). The molecular weight excluding hydrogens is 345 g/mol. The molecule has 2 N–H and O–H groups in total. The van der Waals surface area contributed by atoms with Crippen molar-refractivity contribution in [2.75, 3.05) is 17.2 Å². The van der Waals surface area contributed by atoms with E-state index in [9.17, 15) is 9.59 Å². The molecule has 1 aromatic carbocycles. The average Bonchev–Trinajstić information content (AvgIpc) is 2.90. The third kappa shape index (κ3) is 5.11. The highest BCUT2D eigenvalue weighted by Crippen LogP contribution is 2.25. The number of benzene rings is 1. The Kier molecular flexibility index (Phi) is 5.78. The van der Waals surface area contributed by atoms with Crippen molar-refractivity contribution < 1.29 is 14.3 Å². The molecular formula is C13H13Cl2N5O3. The Bertz CT molecular complexity index is 719. The van der Waals surface area contributed by atoms with Gasteiger partial charge in [-0.1, -0.05) is 23.2 Å². The molecule has 0 bridgehead atoms. The zero-order valence-electron chi connectivity index (χ0n) is 12.0. The van der Waals surface area contributed by atoms with Crippen LogP contribution in [0.1, 0.15) is 6.92 Å². The molecule has 1 heterocycles. The van der Waals surface area contributed by atoms with E-state index in [-0.39, 0.29) is 19.0 Å². The number of hydrogen-bond donors (Lipinski definition) is 2. The minimum Gasteiger partial charge on any atom is -0.450 e.